The summed E-state index contributed by atoms with van der Waals surface area (Å²) in [5.41, 5.74) is 6.77. The third-order valence-corrected chi connectivity index (χ3v) is 11.7. The third kappa shape index (κ3) is 10.1. The van der Waals surface area contributed by atoms with Gasteiger partial charge in [-0.1, -0.05) is 176 Å². The quantitative estimate of drug-likeness (QED) is 0.0851. The summed E-state index contributed by atoms with van der Waals surface area (Å²) in [6.07, 6.45) is 2.26. The van der Waals surface area contributed by atoms with Crippen LogP contribution in [0.1, 0.15) is 16.7 Å². The van der Waals surface area contributed by atoms with E-state index in [1.807, 2.05) is 0 Å². The first-order chi connectivity index (χ1) is 25.7. The first kappa shape index (κ1) is 37.8. The van der Waals surface area contributed by atoms with Gasteiger partial charge in [-0.2, -0.15) is 12.1 Å². The second-order valence-corrected chi connectivity index (χ2v) is 15.2. The van der Waals surface area contributed by atoms with E-state index in [2.05, 4.69) is 225 Å². The van der Waals surface area contributed by atoms with E-state index in [0.717, 1.165) is 12.8 Å². The first-order valence-corrected chi connectivity index (χ1v) is 19.4. The molecule has 0 aliphatic heterocycles. The molecule has 0 radical (unpaired) electrons. The van der Waals surface area contributed by atoms with E-state index in [0.29, 0.717) is 0 Å². The fourth-order valence-corrected chi connectivity index (χ4v) is 9.07. The average molecular weight is 865 g/mol. The molecule has 0 spiro atoms. The van der Waals surface area contributed by atoms with E-state index in [1.54, 1.807) is 0 Å². The molecule has 258 valence electrons. The Morgan fingerprint density at radius 1 is 0.434 bits per heavy atom. The van der Waals surface area contributed by atoms with Crippen LogP contribution in [0.4, 0.5) is 0 Å². The van der Waals surface area contributed by atoms with Crippen molar-refractivity contribution in [1.29, 1.82) is 0 Å². The fourth-order valence-electron chi connectivity index (χ4n) is 6.70. The number of benzene rings is 7. The Labute approximate surface area is 335 Å². The molecule has 0 nitrogen and oxygen atoms in total. The largest absolute Gasteiger partial charge is 0.165 e. The average Bonchev–Trinajstić information content (AvgIpc) is 3.82. The van der Waals surface area contributed by atoms with Crippen molar-refractivity contribution in [2.24, 2.45) is 0 Å². The van der Waals surface area contributed by atoms with Gasteiger partial charge in [-0.25, -0.2) is 0 Å². The van der Waals surface area contributed by atoms with Gasteiger partial charge in [0.2, 0.25) is 0 Å². The molecule has 0 unspecified atom stereocenters. The van der Waals surface area contributed by atoms with Gasteiger partial charge in [0.05, 0.1) is 0 Å². The molecule has 0 heterocycles. The maximum atomic E-state index is 2.35. The second kappa shape index (κ2) is 19.2. The minimum atomic E-state index is -0.493. The Kier molecular flexibility index (Phi) is 13.7. The predicted molar refractivity (Wildman–Crippen MR) is 228 cm³/mol. The van der Waals surface area contributed by atoms with E-state index in [1.165, 1.54) is 65.3 Å². The molecule has 0 saturated heterocycles. The Bertz CT molecular complexity index is 2280. The van der Waals surface area contributed by atoms with Gasteiger partial charge in [-0.3, -0.25) is 0 Å². The zero-order chi connectivity index (χ0) is 35.4. The number of aryl methyl sites for hydroxylation is 3. The van der Waals surface area contributed by atoms with Crippen molar-refractivity contribution < 1.29 is 25.8 Å². The summed E-state index contributed by atoms with van der Waals surface area (Å²) in [5.74, 6) is 0. The molecule has 9 aromatic rings. The van der Waals surface area contributed by atoms with Crippen LogP contribution in [0.15, 0.2) is 218 Å². The number of hydrogen-bond acceptors (Lipinski definition) is 0. The van der Waals surface area contributed by atoms with Crippen molar-refractivity contribution in [3.05, 3.63) is 235 Å². The fraction of sp³-hybridized carbons (Fsp3) is 0.0588. The van der Waals surface area contributed by atoms with Crippen LogP contribution in [-0.4, -0.2) is 0 Å². The van der Waals surface area contributed by atoms with Crippen molar-refractivity contribution in [3.8, 4) is 11.1 Å². The maximum Gasteiger partial charge on any atom is 0 e. The smallest absolute Gasteiger partial charge is 0 e. The van der Waals surface area contributed by atoms with Crippen LogP contribution < -0.4 is 15.9 Å². The summed E-state index contributed by atoms with van der Waals surface area (Å²) in [5, 5.41) is 9.57. The minimum Gasteiger partial charge on any atom is -0.165 e. The normalized spacial score (nSPS) is 10.5. The standard InChI is InChI=1S/C21H16P.C16H13.C14H14.Hf/c1-3-11-19(12-4-1)22(20-13-5-2-6-14-20)21-15-17-9-7-8-10-18(17)16-21;1-12-10-14-8-5-9-15(16(14)11-12)13-6-3-2-4-7-13;1-3-7-13(8-4-1)11-12-14-9-5-2-6-10-14;/h1-16H;2-11H,1H3;1-10H,11-12H2;/q2*-1;;. The van der Waals surface area contributed by atoms with Gasteiger partial charge in [-0.15, -0.1) is 74.9 Å². The van der Waals surface area contributed by atoms with Crippen LogP contribution in [0.5, 0.6) is 0 Å². The van der Waals surface area contributed by atoms with Crippen LogP contribution in [-0.2, 0) is 38.7 Å². The van der Waals surface area contributed by atoms with E-state index >= 15 is 0 Å². The molecule has 0 aromatic heterocycles. The summed E-state index contributed by atoms with van der Waals surface area (Å²) >= 11 is 0. The van der Waals surface area contributed by atoms with Crippen molar-refractivity contribution in [2.75, 3.05) is 0 Å². The molecule has 0 aliphatic carbocycles. The Balaban J connectivity index is 0.000000139. The zero-order valence-corrected chi connectivity index (χ0v) is 34.6. The predicted octanol–water partition coefficient (Wildman–Crippen LogP) is 12.3. The van der Waals surface area contributed by atoms with E-state index in [9.17, 15) is 0 Å². The van der Waals surface area contributed by atoms with Gasteiger partial charge in [0.1, 0.15) is 0 Å². The monoisotopic (exact) mass is 866 g/mol. The van der Waals surface area contributed by atoms with Crippen LogP contribution in [0.2, 0.25) is 0 Å². The van der Waals surface area contributed by atoms with E-state index in [-0.39, 0.29) is 25.8 Å². The molecule has 9 aromatic carbocycles. The van der Waals surface area contributed by atoms with Gasteiger partial charge in [0.25, 0.3) is 0 Å². The Morgan fingerprint density at radius 2 is 0.906 bits per heavy atom. The van der Waals surface area contributed by atoms with Crippen molar-refractivity contribution >= 4 is 45.4 Å². The topological polar surface area (TPSA) is 0 Å². The molecule has 9 rings (SSSR count). The van der Waals surface area contributed by atoms with Crippen LogP contribution in [0, 0.1) is 6.92 Å². The van der Waals surface area contributed by atoms with E-state index < -0.39 is 7.92 Å². The summed E-state index contributed by atoms with van der Waals surface area (Å²) in [6.45, 7) is 2.15. The molecular weight excluding hydrogens is 822 g/mol. The molecule has 0 saturated carbocycles. The van der Waals surface area contributed by atoms with Crippen LogP contribution in [0.3, 0.4) is 0 Å². The summed E-state index contributed by atoms with van der Waals surface area (Å²) in [7, 11) is -0.493. The van der Waals surface area contributed by atoms with E-state index in [4.69, 9.17) is 0 Å². The second-order valence-electron chi connectivity index (χ2n) is 13.0. The zero-order valence-electron chi connectivity index (χ0n) is 30.1. The van der Waals surface area contributed by atoms with Crippen molar-refractivity contribution in [2.45, 2.75) is 19.8 Å². The Hall–Kier alpha value is -4.94. The number of hydrogen-bond donors (Lipinski definition) is 0. The first-order valence-electron chi connectivity index (χ1n) is 18.1. The number of fused-ring (bicyclic) bond motifs is 2. The van der Waals surface area contributed by atoms with Crippen LogP contribution in [0.25, 0.3) is 32.7 Å². The van der Waals surface area contributed by atoms with Crippen molar-refractivity contribution in [1.82, 2.24) is 0 Å². The van der Waals surface area contributed by atoms with Gasteiger partial charge in [0.15, 0.2) is 0 Å². The van der Waals surface area contributed by atoms with Gasteiger partial charge >= 0.3 is 0 Å². The maximum absolute atomic E-state index is 2.35. The molecule has 0 fully saturated rings. The van der Waals surface area contributed by atoms with Gasteiger partial charge < -0.3 is 0 Å². The van der Waals surface area contributed by atoms with Crippen molar-refractivity contribution in [3.63, 3.8) is 0 Å². The molecule has 0 aliphatic rings. The minimum absolute atomic E-state index is 0. The molecule has 0 N–H and O–H groups in total. The Morgan fingerprint density at radius 3 is 1.45 bits per heavy atom. The summed E-state index contributed by atoms with van der Waals surface area (Å²) in [6, 6.07) is 77.8. The molecular formula is C51H43HfP-2. The molecule has 53 heavy (non-hydrogen) atoms. The number of rotatable bonds is 7. The molecule has 0 atom stereocenters. The third-order valence-electron chi connectivity index (χ3n) is 9.26. The van der Waals surface area contributed by atoms with Crippen LogP contribution >= 0.6 is 7.92 Å². The summed E-state index contributed by atoms with van der Waals surface area (Å²) < 4.78 is 0. The van der Waals surface area contributed by atoms with Gasteiger partial charge in [0, 0.05) is 25.8 Å². The van der Waals surface area contributed by atoms with Gasteiger partial charge in [-0.05, 0) is 48.1 Å². The molecule has 0 amide bonds. The summed E-state index contributed by atoms with van der Waals surface area (Å²) in [4.78, 5) is 0. The SMILES string of the molecule is Cc1cc2c(-c3ccccc3)cccc2[cH-]1.[Hf].c1ccc(CCc2ccccc2)cc1.c1ccc(P(c2ccccc2)c2cc3ccccc3[cH-]2)cc1. The molecule has 2 heteroatoms. The molecule has 0 bridgehead atoms.